The molecule has 4 nitrogen and oxygen atoms in total. The van der Waals surface area contributed by atoms with Crippen molar-refractivity contribution >= 4 is 0 Å². The van der Waals surface area contributed by atoms with E-state index in [-0.39, 0.29) is 12.2 Å². The molecule has 0 aromatic heterocycles. The van der Waals surface area contributed by atoms with Gasteiger partial charge in [-0.25, -0.2) is 0 Å². The van der Waals surface area contributed by atoms with Crippen molar-refractivity contribution in [3.8, 4) is 0 Å². The largest absolute Gasteiger partial charge is 0.381 e. The predicted molar refractivity (Wildman–Crippen MR) is 75.4 cm³/mol. The molecule has 2 aliphatic rings. The SMILES string of the molecule is CCCNC1CC(OC2CCOCC2)C1OCCC. The summed E-state index contributed by atoms with van der Waals surface area (Å²) in [5, 5.41) is 3.57. The van der Waals surface area contributed by atoms with Gasteiger partial charge in [0.2, 0.25) is 0 Å². The summed E-state index contributed by atoms with van der Waals surface area (Å²) in [7, 11) is 0. The van der Waals surface area contributed by atoms with E-state index in [1.165, 1.54) is 6.42 Å². The fraction of sp³-hybridized carbons (Fsp3) is 1.00. The van der Waals surface area contributed by atoms with Crippen molar-refractivity contribution in [1.82, 2.24) is 5.32 Å². The molecule has 4 heteroatoms. The van der Waals surface area contributed by atoms with E-state index in [9.17, 15) is 0 Å². The second-order valence-electron chi connectivity index (χ2n) is 5.62. The van der Waals surface area contributed by atoms with Gasteiger partial charge in [0.25, 0.3) is 0 Å². The van der Waals surface area contributed by atoms with Gasteiger partial charge in [-0.05, 0) is 38.6 Å². The second kappa shape index (κ2) is 8.20. The smallest absolute Gasteiger partial charge is 0.0990 e. The molecule has 1 aliphatic carbocycles. The molecule has 1 aliphatic heterocycles. The fourth-order valence-electron chi connectivity index (χ4n) is 2.78. The van der Waals surface area contributed by atoms with Crippen LogP contribution in [-0.2, 0) is 14.2 Å². The first kappa shape index (κ1) is 15.2. The summed E-state index contributed by atoms with van der Waals surface area (Å²) < 4.78 is 17.5. The first-order valence-corrected chi connectivity index (χ1v) is 7.93. The van der Waals surface area contributed by atoms with Gasteiger partial charge in [-0.2, -0.15) is 0 Å². The lowest BCUT2D eigenvalue weighted by Crippen LogP contribution is -2.61. The Kier molecular flexibility index (Phi) is 6.57. The van der Waals surface area contributed by atoms with Gasteiger partial charge in [-0.1, -0.05) is 13.8 Å². The summed E-state index contributed by atoms with van der Waals surface area (Å²) in [6, 6.07) is 0.483. The molecule has 3 atom stereocenters. The van der Waals surface area contributed by atoms with Gasteiger partial charge < -0.3 is 19.5 Å². The highest BCUT2D eigenvalue weighted by molar-refractivity contribution is 4.97. The molecule has 2 fully saturated rings. The molecule has 0 radical (unpaired) electrons. The minimum Gasteiger partial charge on any atom is -0.381 e. The van der Waals surface area contributed by atoms with Crippen LogP contribution in [0.15, 0.2) is 0 Å². The molecule has 1 N–H and O–H groups in total. The molecule has 0 bridgehead atoms. The molecule has 2 rings (SSSR count). The van der Waals surface area contributed by atoms with Gasteiger partial charge in [-0.3, -0.25) is 0 Å². The van der Waals surface area contributed by atoms with Crippen LogP contribution in [-0.4, -0.2) is 50.7 Å². The van der Waals surface area contributed by atoms with E-state index in [0.717, 1.165) is 52.0 Å². The van der Waals surface area contributed by atoms with Gasteiger partial charge >= 0.3 is 0 Å². The fourth-order valence-corrected chi connectivity index (χ4v) is 2.78. The molecule has 0 spiro atoms. The summed E-state index contributed by atoms with van der Waals surface area (Å²) in [6.45, 7) is 7.94. The summed E-state index contributed by atoms with van der Waals surface area (Å²) in [5.41, 5.74) is 0. The molecular weight excluding hydrogens is 242 g/mol. The molecule has 0 amide bonds. The van der Waals surface area contributed by atoms with Crippen LogP contribution in [0.25, 0.3) is 0 Å². The minimum absolute atomic E-state index is 0.245. The third kappa shape index (κ3) is 4.42. The van der Waals surface area contributed by atoms with Crippen LogP contribution in [0.1, 0.15) is 46.0 Å². The van der Waals surface area contributed by atoms with Gasteiger partial charge in [0.1, 0.15) is 0 Å². The van der Waals surface area contributed by atoms with Crippen molar-refractivity contribution in [2.24, 2.45) is 0 Å². The molecule has 0 aromatic rings. The molecule has 19 heavy (non-hydrogen) atoms. The first-order chi connectivity index (χ1) is 9.35. The van der Waals surface area contributed by atoms with Crippen molar-refractivity contribution in [2.75, 3.05) is 26.4 Å². The lowest BCUT2D eigenvalue weighted by Gasteiger charge is -2.46. The standard InChI is InChI=1S/C15H29NO3/c1-3-7-16-13-11-14(15(13)18-8-4-2)19-12-5-9-17-10-6-12/h12-16H,3-11H2,1-2H3. The van der Waals surface area contributed by atoms with Crippen LogP contribution >= 0.6 is 0 Å². The van der Waals surface area contributed by atoms with E-state index in [4.69, 9.17) is 14.2 Å². The van der Waals surface area contributed by atoms with Crippen molar-refractivity contribution < 1.29 is 14.2 Å². The quantitative estimate of drug-likeness (QED) is 0.734. The average molecular weight is 271 g/mol. The normalized spacial score (nSPS) is 32.2. The van der Waals surface area contributed by atoms with Crippen LogP contribution in [0.3, 0.4) is 0 Å². The van der Waals surface area contributed by atoms with E-state index in [1.54, 1.807) is 0 Å². The molecule has 1 heterocycles. The molecule has 0 aromatic carbocycles. The van der Waals surface area contributed by atoms with Crippen molar-refractivity contribution in [3.63, 3.8) is 0 Å². The van der Waals surface area contributed by atoms with Crippen LogP contribution in [0.2, 0.25) is 0 Å². The Labute approximate surface area is 117 Å². The number of nitrogens with one attached hydrogen (secondary N) is 1. The van der Waals surface area contributed by atoms with Crippen LogP contribution in [0.5, 0.6) is 0 Å². The number of ether oxygens (including phenoxy) is 3. The molecule has 3 unspecified atom stereocenters. The molecule has 1 saturated heterocycles. The Morgan fingerprint density at radius 3 is 2.63 bits per heavy atom. The van der Waals surface area contributed by atoms with Crippen LogP contribution < -0.4 is 5.32 Å². The highest BCUT2D eigenvalue weighted by atomic mass is 16.6. The van der Waals surface area contributed by atoms with E-state index >= 15 is 0 Å². The van der Waals surface area contributed by atoms with Crippen LogP contribution in [0.4, 0.5) is 0 Å². The summed E-state index contributed by atoms with van der Waals surface area (Å²) in [6.07, 6.45) is 6.29. The zero-order valence-electron chi connectivity index (χ0n) is 12.4. The predicted octanol–water partition coefficient (Wildman–Crippen LogP) is 2.12. The summed E-state index contributed by atoms with van der Waals surface area (Å²) >= 11 is 0. The Hall–Kier alpha value is -0.160. The van der Waals surface area contributed by atoms with E-state index in [2.05, 4.69) is 19.2 Å². The van der Waals surface area contributed by atoms with Gasteiger partial charge in [-0.15, -0.1) is 0 Å². The minimum atomic E-state index is 0.245. The third-order valence-corrected chi connectivity index (χ3v) is 3.96. The third-order valence-electron chi connectivity index (χ3n) is 3.96. The average Bonchev–Trinajstić information content (AvgIpc) is 2.43. The lowest BCUT2D eigenvalue weighted by molar-refractivity contribution is -0.179. The zero-order valence-corrected chi connectivity index (χ0v) is 12.4. The Bertz CT molecular complexity index is 244. The highest BCUT2D eigenvalue weighted by Crippen LogP contribution is 2.30. The van der Waals surface area contributed by atoms with Crippen molar-refractivity contribution in [2.45, 2.75) is 70.3 Å². The number of hydrogen-bond donors (Lipinski definition) is 1. The lowest BCUT2D eigenvalue weighted by atomic mass is 9.84. The van der Waals surface area contributed by atoms with Gasteiger partial charge in [0.15, 0.2) is 0 Å². The molecular formula is C15H29NO3. The zero-order chi connectivity index (χ0) is 13.5. The Balaban J connectivity index is 1.75. The summed E-state index contributed by atoms with van der Waals surface area (Å²) in [5.74, 6) is 0. The van der Waals surface area contributed by atoms with E-state index in [0.29, 0.717) is 12.1 Å². The molecule has 112 valence electrons. The van der Waals surface area contributed by atoms with E-state index < -0.39 is 0 Å². The van der Waals surface area contributed by atoms with Crippen molar-refractivity contribution in [3.05, 3.63) is 0 Å². The maximum atomic E-state index is 6.20. The van der Waals surface area contributed by atoms with E-state index in [1.807, 2.05) is 0 Å². The van der Waals surface area contributed by atoms with Gasteiger partial charge in [0.05, 0.1) is 18.3 Å². The second-order valence-corrected chi connectivity index (χ2v) is 5.62. The first-order valence-electron chi connectivity index (χ1n) is 7.93. The van der Waals surface area contributed by atoms with Crippen LogP contribution in [0, 0.1) is 0 Å². The van der Waals surface area contributed by atoms with Crippen molar-refractivity contribution in [1.29, 1.82) is 0 Å². The maximum absolute atomic E-state index is 6.20. The summed E-state index contributed by atoms with van der Waals surface area (Å²) in [4.78, 5) is 0. The number of rotatable bonds is 8. The highest BCUT2D eigenvalue weighted by Gasteiger charge is 2.43. The monoisotopic (exact) mass is 271 g/mol. The molecule has 1 saturated carbocycles. The van der Waals surface area contributed by atoms with Gasteiger partial charge in [0, 0.05) is 25.9 Å². The maximum Gasteiger partial charge on any atom is 0.0990 e. The Morgan fingerprint density at radius 2 is 1.95 bits per heavy atom. The topological polar surface area (TPSA) is 39.7 Å². The number of hydrogen-bond acceptors (Lipinski definition) is 4. The Morgan fingerprint density at radius 1 is 1.16 bits per heavy atom.